The number of nitrogens with two attached hydrogens (primary N) is 1. The molecule has 3 rings (SSSR count). The van der Waals surface area contributed by atoms with Crippen LogP contribution in [-0.4, -0.2) is 80.5 Å². The number of likely N-dealkylation sites (tertiary alicyclic amines) is 1. The van der Waals surface area contributed by atoms with Crippen molar-refractivity contribution in [3.63, 3.8) is 0 Å². The Kier molecular flexibility index (Phi) is 8.69. The fourth-order valence-corrected chi connectivity index (χ4v) is 3.97. The first kappa shape index (κ1) is 24.6. The third-order valence-electron chi connectivity index (χ3n) is 5.53. The second-order valence-electron chi connectivity index (χ2n) is 7.67. The number of fused-ring (bicyclic) bond motifs is 1. The minimum absolute atomic E-state index is 0.0148. The van der Waals surface area contributed by atoms with E-state index in [1.54, 1.807) is 0 Å². The quantitative estimate of drug-likeness (QED) is 0.163. The molecule has 2 heterocycles. The molecule has 2 fully saturated rings. The van der Waals surface area contributed by atoms with Gasteiger partial charge >= 0.3 is 0 Å². The number of nitrogens with zero attached hydrogens (tertiary/aromatic N) is 1. The van der Waals surface area contributed by atoms with Crippen LogP contribution in [0.5, 0.6) is 0 Å². The summed E-state index contributed by atoms with van der Waals surface area (Å²) in [6, 6.07) is -1.08. The van der Waals surface area contributed by atoms with Crippen molar-refractivity contribution in [1.29, 1.82) is 0 Å². The third kappa shape index (κ3) is 5.64. The van der Waals surface area contributed by atoms with E-state index in [9.17, 15) is 24.0 Å². The van der Waals surface area contributed by atoms with Crippen molar-refractivity contribution >= 4 is 30.1 Å². The molecule has 3 atom stereocenters. The summed E-state index contributed by atoms with van der Waals surface area (Å²) >= 11 is 0. The normalized spacial score (nSPS) is 24.8. The first-order chi connectivity index (χ1) is 16.0. The molecule has 0 spiro atoms. The van der Waals surface area contributed by atoms with Gasteiger partial charge in [-0.1, -0.05) is 6.08 Å². The van der Waals surface area contributed by atoms with E-state index in [0.717, 1.165) is 17.9 Å². The Labute approximate surface area is 190 Å². The van der Waals surface area contributed by atoms with Crippen LogP contribution in [0, 0.1) is 11.8 Å². The molecule has 12 nitrogen and oxygen atoms in total. The summed E-state index contributed by atoms with van der Waals surface area (Å²) in [5.41, 5.74) is 5.42. The van der Waals surface area contributed by atoms with Crippen molar-refractivity contribution in [2.45, 2.75) is 25.3 Å². The Morgan fingerprint density at radius 2 is 1.97 bits per heavy atom. The van der Waals surface area contributed by atoms with Crippen LogP contribution in [-0.2, 0) is 38.2 Å². The minimum Gasteiger partial charge on any atom is -0.491 e. The molecule has 4 N–H and O–H groups in total. The van der Waals surface area contributed by atoms with Gasteiger partial charge in [0.1, 0.15) is 18.6 Å². The minimum atomic E-state index is -1.08. The van der Waals surface area contributed by atoms with Gasteiger partial charge in [-0.2, -0.15) is 0 Å². The zero-order chi connectivity index (χ0) is 23.8. The smallest absolute Gasteiger partial charge is 0.298 e. The highest BCUT2D eigenvalue weighted by Crippen LogP contribution is 2.40. The molecule has 0 aromatic carbocycles. The van der Waals surface area contributed by atoms with Crippen molar-refractivity contribution in [2.75, 3.05) is 39.5 Å². The molecule has 3 unspecified atom stereocenters. The standard InChI is InChI=1S/C21H28N4O8/c22-6-1-7-23-8-9-31-10-11-32-18-15(33-12-26)4-2-13-17(18)21(30)25(20(13)29)14-3-5-16(27)24-19(14)28/h2,4,12-14,17,23H,1,3,5-11,22H2,(H,24,27,28). The summed E-state index contributed by atoms with van der Waals surface area (Å²) in [7, 11) is 0. The van der Waals surface area contributed by atoms with Crippen LogP contribution in [0.1, 0.15) is 19.3 Å². The van der Waals surface area contributed by atoms with Crippen LogP contribution in [0.4, 0.5) is 0 Å². The summed E-state index contributed by atoms with van der Waals surface area (Å²) in [5, 5.41) is 5.32. The Hall–Kier alpha value is -3.09. The van der Waals surface area contributed by atoms with Crippen molar-refractivity contribution in [3.8, 4) is 0 Å². The maximum atomic E-state index is 13.2. The van der Waals surface area contributed by atoms with Crippen molar-refractivity contribution < 1.29 is 38.2 Å². The monoisotopic (exact) mass is 464 g/mol. The molecular formula is C21H28N4O8. The molecule has 2 saturated heterocycles. The molecule has 4 amide bonds. The number of ether oxygens (including phenoxy) is 3. The summed E-state index contributed by atoms with van der Waals surface area (Å²) < 4.78 is 16.2. The predicted octanol–water partition coefficient (Wildman–Crippen LogP) is -1.68. The molecule has 33 heavy (non-hydrogen) atoms. The SMILES string of the molecule is NCCCNCCOCCOC1=C(OC=O)C=CC2C(=O)N(C3CCC(=O)NC3=O)C(=O)C12. The van der Waals surface area contributed by atoms with Crippen LogP contribution >= 0.6 is 0 Å². The fraction of sp³-hybridized carbons (Fsp3) is 0.571. The third-order valence-corrected chi connectivity index (χ3v) is 5.53. The second kappa shape index (κ2) is 11.7. The average Bonchev–Trinajstić information content (AvgIpc) is 3.04. The maximum absolute atomic E-state index is 13.2. The Bertz CT molecular complexity index is 855. The van der Waals surface area contributed by atoms with Crippen LogP contribution in [0.3, 0.4) is 0 Å². The largest absolute Gasteiger partial charge is 0.491 e. The number of carbonyl (C=O) groups is 5. The van der Waals surface area contributed by atoms with Crippen LogP contribution in [0.2, 0.25) is 0 Å². The molecule has 3 aliphatic rings. The van der Waals surface area contributed by atoms with Gasteiger partial charge in [0.25, 0.3) is 6.47 Å². The van der Waals surface area contributed by atoms with Gasteiger partial charge in [0.2, 0.25) is 23.6 Å². The molecule has 0 radical (unpaired) electrons. The number of hydrogen-bond acceptors (Lipinski definition) is 10. The lowest BCUT2D eigenvalue weighted by atomic mass is 9.88. The lowest BCUT2D eigenvalue weighted by Gasteiger charge is -2.28. The molecule has 12 heteroatoms. The van der Waals surface area contributed by atoms with E-state index in [4.69, 9.17) is 19.9 Å². The van der Waals surface area contributed by atoms with E-state index in [1.807, 2.05) is 0 Å². The van der Waals surface area contributed by atoms with Gasteiger partial charge < -0.3 is 25.3 Å². The van der Waals surface area contributed by atoms with Crippen LogP contribution < -0.4 is 16.4 Å². The molecule has 0 bridgehead atoms. The van der Waals surface area contributed by atoms with Gasteiger partial charge in [-0.25, -0.2) is 0 Å². The van der Waals surface area contributed by atoms with Crippen molar-refractivity contribution in [1.82, 2.24) is 15.5 Å². The fourth-order valence-electron chi connectivity index (χ4n) is 3.97. The van der Waals surface area contributed by atoms with Gasteiger partial charge in [-0.15, -0.1) is 0 Å². The van der Waals surface area contributed by atoms with E-state index >= 15 is 0 Å². The molecule has 0 aromatic rings. The molecule has 0 saturated carbocycles. The topological polar surface area (TPSA) is 166 Å². The summed E-state index contributed by atoms with van der Waals surface area (Å²) in [5.74, 6) is -4.27. The van der Waals surface area contributed by atoms with Crippen LogP contribution in [0.25, 0.3) is 0 Å². The van der Waals surface area contributed by atoms with E-state index in [2.05, 4.69) is 10.6 Å². The number of amides is 4. The zero-order valence-electron chi connectivity index (χ0n) is 18.1. The highest BCUT2D eigenvalue weighted by Gasteiger charge is 2.55. The van der Waals surface area contributed by atoms with E-state index in [0.29, 0.717) is 19.7 Å². The van der Waals surface area contributed by atoms with Gasteiger partial charge in [0.05, 0.1) is 19.1 Å². The number of carbonyl (C=O) groups excluding carboxylic acids is 5. The second-order valence-corrected chi connectivity index (χ2v) is 7.67. The predicted molar refractivity (Wildman–Crippen MR) is 112 cm³/mol. The molecule has 1 aliphatic carbocycles. The molecule has 0 aromatic heterocycles. The van der Waals surface area contributed by atoms with Gasteiger partial charge in [0.15, 0.2) is 11.5 Å². The summed E-state index contributed by atoms with van der Waals surface area (Å²) in [4.78, 5) is 61.7. The Morgan fingerprint density at radius 1 is 1.15 bits per heavy atom. The summed E-state index contributed by atoms with van der Waals surface area (Å²) in [6.45, 7) is 2.95. The number of nitrogens with one attached hydrogen (secondary N) is 2. The lowest BCUT2D eigenvalue weighted by Crippen LogP contribution is -2.54. The van der Waals surface area contributed by atoms with Gasteiger partial charge in [0, 0.05) is 13.0 Å². The van der Waals surface area contributed by atoms with Gasteiger partial charge in [-0.3, -0.25) is 34.2 Å². The molecule has 180 valence electrons. The van der Waals surface area contributed by atoms with Crippen LogP contribution in [0.15, 0.2) is 23.7 Å². The number of imide groups is 2. The Balaban J connectivity index is 1.64. The zero-order valence-corrected chi connectivity index (χ0v) is 18.1. The van der Waals surface area contributed by atoms with E-state index in [-0.39, 0.29) is 44.0 Å². The number of rotatable bonds is 13. The Morgan fingerprint density at radius 3 is 2.70 bits per heavy atom. The highest BCUT2D eigenvalue weighted by molar-refractivity contribution is 6.12. The average molecular weight is 464 g/mol. The number of allylic oxidation sites excluding steroid dienone is 1. The van der Waals surface area contributed by atoms with Gasteiger partial charge in [-0.05, 0) is 32.0 Å². The summed E-state index contributed by atoms with van der Waals surface area (Å²) in [6.07, 6.45) is 3.79. The maximum Gasteiger partial charge on any atom is 0.298 e. The van der Waals surface area contributed by atoms with Crippen molar-refractivity contribution in [2.24, 2.45) is 17.6 Å². The molecular weight excluding hydrogens is 436 g/mol. The first-order valence-electron chi connectivity index (χ1n) is 10.8. The van der Waals surface area contributed by atoms with E-state index in [1.165, 1.54) is 12.2 Å². The number of piperidine rings is 1. The molecule has 2 aliphatic heterocycles. The van der Waals surface area contributed by atoms with E-state index < -0.39 is 41.5 Å². The highest BCUT2D eigenvalue weighted by atomic mass is 16.6. The number of hydrogen-bond donors (Lipinski definition) is 3. The van der Waals surface area contributed by atoms with Crippen molar-refractivity contribution in [3.05, 3.63) is 23.7 Å². The lowest BCUT2D eigenvalue weighted by molar-refractivity contribution is -0.151. The first-order valence-corrected chi connectivity index (χ1v) is 10.8.